The highest BCUT2D eigenvalue weighted by molar-refractivity contribution is 5.68. The van der Waals surface area contributed by atoms with Gasteiger partial charge in [0, 0.05) is 38.0 Å². The lowest BCUT2D eigenvalue weighted by molar-refractivity contribution is 0.0110. The molecule has 2 aliphatic rings. The van der Waals surface area contributed by atoms with Crippen LogP contribution in [0.5, 0.6) is 0 Å². The number of morpholine rings is 2. The predicted molar refractivity (Wildman–Crippen MR) is 215 cm³/mol. The van der Waals surface area contributed by atoms with Crippen molar-refractivity contribution in [2.75, 3.05) is 39.4 Å². The molecule has 6 aromatic rings. The zero-order valence-corrected chi connectivity index (χ0v) is 29.9. The highest BCUT2D eigenvalue weighted by Crippen LogP contribution is 2.33. The average molecular weight is 687 g/mol. The van der Waals surface area contributed by atoms with E-state index in [1.165, 1.54) is 44.5 Å². The molecule has 2 N–H and O–H groups in total. The maximum Gasteiger partial charge on any atom is 0.0771 e. The van der Waals surface area contributed by atoms with E-state index in [1.54, 1.807) is 0 Å². The zero-order valence-electron chi connectivity index (χ0n) is 29.9. The molecule has 0 bridgehead atoms. The van der Waals surface area contributed by atoms with Crippen LogP contribution in [0.25, 0.3) is 22.3 Å². The molecular formula is C48H50N2O2. The quantitative estimate of drug-likeness (QED) is 0.151. The van der Waals surface area contributed by atoms with Crippen LogP contribution in [-0.4, -0.2) is 51.6 Å². The Morgan fingerprint density at radius 2 is 0.769 bits per heavy atom. The van der Waals surface area contributed by atoms with E-state index in [-0.39, 0.29) is 12.2 Å². The Balaban J connectivity index is 0.000000162. The van der Waals surface area contributed by atoms with Crippen LogP contribution in [0, 0.1) is 0 Å². The van der Waals surface area contributed by atoms with Gasteiger partial charge in [0.05, 0.1) is 25.4 Å². The molecule has 0 saturated carbocycles. The van der Waals surface area contributed by atoms with Gasteiger partial charge in [-0.15, -0.1) is 0 Å². The van der Waals surface area contributed by atoms with E-state index in [4.69, 9.17) is 9.47 Å². The molecule has 0 aromatic heterocycles. The molecule has 0 unspecified atom stereocenters. The van der Waals surface area contributed by atoms with Crippen LogP contribution in [0.2, 0.25) is 0 Å². The zero-order chi connectivity index (χ0) is 35.2. The largest absolute Gasteiger partial charge is 0.375 e. The normalized spacial score (nSPS) is 18.4. The molecule has 4 nitrogen and oxygen atoms in total. The van der Waals surface area contributed by atoms with Gasteiger partial charge in [-0.2, -0.15) is 0 Å². The summed E-state index contributed by atoms with van der Waals surface area (Å²) in [5.74, 6) is 0.683. The Kier molecular flexibility index (Phi) is 12.7. The molecule has 8 rings (SSSR count). The van der Waals surface area contributed by atoms with Gasteiger partial charge in [0.2, 0.25) is 0 Å². The van der Waals surface area contributed by atoms with Gasteiger partial charge >= 0.3 is 0 Å². The lowest BCUT2D eigenvalue weighted by atomic mass is 9.84. The number of benzene rings is 6. The van der Waals surface area contributed by atoms with Crippen LogP contribution < -0.4 is 10.6 Å². The maximum absolute atomic E-state index is 6.15. The van der Waals surface area contributed by atoms with Crippen LogP contribution in [0.3, 0.4) is 0 Å². The van der Waals surface area contributed by atoms with Gasteiger partial charge in [-0.1, -0.05) is 170 Å². The number of hydrogen-bond donors (Lipinski definition) is 2. The third kappa shape index (κ3) is 9.33. The SMILES string of the molecule is c1ccc(-c2ccccc2C[C@@H](c2ccccc2)[C@@H]2CNCCO2)cc1.c1ccc(-c2ccccc2C[C@H](c2ccccc2)[C@H]2CNCCO2)cc1. The molecule has 6 aromatic carbocycles. The first kappa shape index (κ1) is 35.6. The van der Waals surface area contributed by atoms with Crippen LogP contribution in [-0.2, 0) is 22.3 Å². The van der Waals surface area contributed by atoms with E-state index in [9.17, 15) is 0 Å². The van der Waals surface area contributed by atoms with Gasteiger partial charge < -0.3 is 20.1 Å². The average Bonchev–Trinajstić information content (AvgIpc) is 3.24. The van der Waals surface area contributed by atoms with E-state index in [2.05, 4.69) is 180 Å². The number of rotatable bonds is 10. The summed E-state index contributed by atoms with van der Waals surface area (Å²) in [6, 6.07) is 60.4. The fourth-order valence-electron chi connectivity index (χ4n) is 7.69. The van der Waals surface area contributed by atoms with Crippen molar-refractivity contribution in [2.45, 2.75) is 36.9 Å². The molecule has 2 fully saturated rings. The molecule has 2 saturated heterocycles. The summed E-state index contributed by atoms with van der Waals surface area (Å²) in [5.41, 5.74) is 10.6. The standard InChI is InChI=1S/2C24H25NO/c2*1-3-9-19(10-4-1)22-14-8-7-13-21(22)17-23(20-11-5-2-6-12-20)24-18-25-15-16-26-24/h2*1-14,23-25H,15-18H2/t2*23-,24-/m10/s1. The predicted octanol–water partition coefficient (Wildman–Crippen LogP) is 9.34. The second-order valence-electron chi connectivity index (χ2n) is 13.7. The van der Waals surface area contributed by atoms with Crippen molar-refractivity contribution in [3.63, 3.8) is 0 Å². The van der Waals surface area contributed by atoms with Crippen molar-refractivity contribution in [1.82, 2.24) is 10.6 Å². The summed E-state index contributed by atoms with van der Waals surface area (Å²) in [7, 11) is 0. The number of hydrogen-bond acceptors (Lipinski definition) is 4. The van der Waals surface area contributed by atoms with Crippen LogP contribution >= 0.6 is 0 Å². The Hall–Kier alpha value is -4.84. The first-order valence-electron chi connectivity index (χ1n) is 18.8. The van der Waals surface area contributed by atoms with E-state index in [0.29, 0.717) is 11.8 Å². The van der Waals surface area contributed by atoms with E-state index < -0.39 is 0 Å². The van der Waals surface area contributed by atoms with Gasteiger partial charge in [0.1, 0.15) is 0 Å². The Morgan fingerprint density at radius 1 is 0.423 bits per heavy atom. The molecule has 4 heteroatoms. The van der Waals surface area contributed by atoms with E-state index in [0.717, 1.165) is 52.2 Å². The van der Waals surface area contributed by atoms with Crippen LogP contribution in [0.1, 0.15) is 34.1 Å². The summed E-state index contributed by atoms with van der Waals surface area (Å²) in [4.78, 5) is 0. The van der Waals surface area contributed by atoms with Gasteiger partial charge in [-0.05, 0) is 57.3 Å². The van der Waals surface area contributed by atoms with Gasteiger partial charge in [-0.25, -0.2) is 0 Å². The van der Waals surface area contributed by atoms with E-state index >= 15 is 0 Å². The monoisotopic (exact) mass is 686 g/mol. The third-order valence-electron chi connectivity index (χ3n) is 10.3. The maximum atomic E-state index is 6.15. The first-order chi connectivity index (χ1) is 25.8. The summed E-state index contributed by atoms with van der Waals surface area (Å²) < 4.78 is 12.3. The molecule has 0 aliphatic carbocycles. The smallest absolute Gasteiger partial charge is 0.0771 e. The fourth-order valence-corrected chi connectivity index (χ4v) is 7.69. The van der Waals surface area contributed by atoms with Gasteiger partial charge in [0.25, 0.3) is 0 Å². The van der Waals surface area contributed by atoms with Crippen LogP contribution in [0.15, 0.2) is 170 Å². The fraction of sp³-hybridized carbons (Fsp3) is 0.250. The summed E-state index contributed by atoms with van der Waals surface area (Å²) in [5, 5.41) is 6.98. The second-order valence-corrected chi connectivity index (χ2v) is 13.7. The highest BCUT2D eigenvalue weighted by atomic mass is 16.5. The molecular weight excluding hydrogens is 637 g/mol. The molecule has 2 heterocycles. The molecule has 264 valence electrons. The summed E-state index contributed by atoms with van der Waals surface area (Å²) >= 11 is 0. The Bertz CT molecular complexity index is 1760. The molecule has 0 amide bonds. The van der Waals surface area contributed by atoms with Crippen molar-refractivity contribution in [3.05, 3.63) is 192 Å². The minimum absolute atomic E-state index is 0.204. The minimum Gasteiger partial charge on any atom is -0.375 e. The summed E-state index contributed by atoms with van der Waals surface area (Å²) in [6.45, 7) is 5.28. The van der Waals surface area contributed by atoms with Crippen molar-refractivity contribution in [1.29, 1.82) is 0 Å². The number of ether oxygens (including phenoxy) is 2. The van der Waals surface area contributed by atoms with Crippen LogP contribution in [0.4, 0.5) is 0 Å². The van der Waals surface area contributed by atoms with Gasteiger partial charge in [-0.3, -0.25) is 0 Å². The molecule has 4 atom stereocenters. The molecule has 2 aliphatic heterocycles. The minimum atomic E-state index is 0.204. The highest BCUT2D eigenvalue weighted by Gasteiger charge is 2.28. The summed E-state index contributed by atoms with van der Waals surface area (Å²) in [6.07, 6.45) is 2.35. The van der Waals surface area contributed by atoms with Gasteiger partial charge in [0.15, 0.2) is 0 Å². The Morgan fingerprint density at radius 3 is 1.13 bits per heavy atom. The van der Waals surface area contributed by atoms with E-state index in [1.807, 2.05) is 0 Å². The van der Waals surface area contributed by atoms with Crippen molar-refractivity contribution < 1.29 is 9.47 Å². The second kappa shape index (κ2) is 18.6. The molecule has 0 spiro atoms. The number of nitrogens with one attached hydrogen (secondary N) is 2. The topological polar surface area (TPSA) is 42.5 Å². The molecule has 52 heavy (non-hydrogen) atoms. The third-order valence-corrected chi connectivity index (χ3v) is 10.3. The first-order valence-corrected chi connectivity index (χ1v) is 18.8. The Labute approximate surface area is 309 Å². The molecule has 0 radical (unpaired) electrons. The lowest BCUT2D eigenvalue weighted by Gasteiger charge is -2.32. The lowest BCUT2D eigenvalue weighted by Crippen LogP contribution is -2.42. The van der Waals surface area contributed by atoms with Crippen molar-refractivity contribution in [3.8, 4) is 22.3 Å². The van der Waals surface area contributed by atoms with Crippen molar-refractivity contribution >= 4 is 0 Å². The van der Waals surface area contributed by atoms with Crippen molar-refractivity contribution in [2.24, 2.45) is 0 Å².